The predicted octanol–water partition coefficient (Wildman–Crippen LogP) is 2.76. The van der Waals surface area contributed by atoms with E-state index in [1.54, 1.807) is 27.8 Å². The van der Waals surface area contributed by atoms with Crippen molar-refractivity contribution in [3.05, 3.63) is 47.3 Å². The van der Waals surface area contributed by atoms with Crippen molar-refractivity contribution in [2.75, 3.05) is 31.9 Å². The van der Waals surface area contributed by atoms with Crippen molar-refractivity contribution in [3.63, 3.8) is 0 Å². The normalized spacial score (nSPS) is 19.1. The molecular formula is C30H43N5O5S. The molecule has 41 heavy (non-hydrogen) atoms. The molecule has 0 radical (unpaired) electrons. The number of aromatic nitrogens is 2. The first-order valence-corrected chi connectivity index (χ1v) is 16.4. The molecule has 1 aliphatic heterocycles. The van der Waals surface area contributed by atoms with E-state index in [1.165, 1.54) is 12.1 Å². The van der Waals surface area contributed by atoms with E-state index in [-0.39, 0.29) is 40.8 Å². The molecule has 2 heterocycles. The molecule has 1 aromatic carbocycles. The smallest absolute Gasteiger partial charge is 0.272 e. The lowest BCUT2D eigenvalue weighted by Crippen LogP contribution is -2.45. The molecule has 0 saturated carbocycles. The molecule has 2 bridgehead atoms. The Morgan fingerprint density at radius 1 is 1.10 bits per heavy atom. The Morgan fingerprint density at radius 3 is 2.56 bits per heavy atom. The Labute approximate surface area is 243 Å². The van der Waals surface area contributed by atoms with E-state index in [2.05, 4.69) is 24.3 Å². The van der Waals surface area contributed by atoms with E-state index in [1.807, 2.05) is 11.9 Å². The number of nitrogens with zero attached hydrogens (tertiary/aromatic N) is 4. The molecule has 0 saturated heterocycles. The molecule has 4 rings (SSSR count). The van der Waals surface area contributed by atoms with E-state index < -0.39 is 9.84 Å². The van der Waals surface area contributed by atoms with Crippen molar-refractivity contribution in [2.45, 2.75) is 76.2 Å². The number of amides is 3. The standard InChI is InChI=1S/C30H43N5O5S/c1-22(2)14-19-35-23-12-13-26-25(21-23)29(32-33(26)3)30(38)31-16-8-18-34(17-7-11-28(35)37)27(36)15-20-41(39,40)24-9-5-4-6-10-24/h4-6,9-10,22-23H,7-8,11-21H2,1-3H3,(H,31,38). The first-order valence-electron chi connectivity index (χ1n) is 14.7. The first-order chi connectivity index (χ1) is 19.6. The zero-order valence-corrected chi connectivity index (χ0v) is 25.3. The third-order valence-electron chi connectivity index (χ3n) is 8.10. The van der Waals surface area contributed by atoms with Crippen LogP contribution in [0.5, 0.6) is 0 Å². The van der Waals surface area contributed by atoms with Crippen LogP contribution in [-0.4, -0.2) is 83.7 Å². The number of sulfone groups is 1. The van der Waals surface area contributed by atoms with Gasteiger partial charge in [0, 0.05) is 63.4 Å². The van der Waals surface area contributed by atoms with E-state index >= 15 is 0 Å². The van der Waals surface area contributed by atoms with Gasteiger partial charge >= 0.3 is 0 Å². The monoisotopic (exact) mass is 585 g/mol. The van der Waals surface area contributed by atoms with Crippen molar-refractivity contribution in [3.8, 4) is 0 Å². The van der Waals surface area contributed by atoms with Crippen LogP contribution in [0.25, 0.3) is 0 Å². The Kier molecular flexibility index (Phi) is 10.2. The Balaban J connectivity index is 1.50. The van der Waals surface area contributed by atoms with Crippen molar-refractivity contribution >= 4 is 27.6 Å². The average molecular weight is 586 g/mol. The Hall–Kier alpha value is -3.21. The summed E-state index contributed by atoms with van der Waals surface area (Å²) in [6.07, 6.45) is 4.25. The van der Waals surface area contributed by atoms with Gasteiger partial charge in [-0.1, -0.05) is 32.0 Å². The first kappa shape index (κ1) is 30.7. The molecule has 224 valence electrons. The molecule has 1 N–H and O–H groups in total. The predicted molar refractivity (Wildman–Crippen MR) is 156 cm³/mol. The van der Waals surface area contributed by atoms with Gasteiger partial charge in [-0.05, 0) is 56.6 Å². The third-order valence-corrected chi connectivity index (χ3v) is 9.83. The highest BCUT2D eigenvalue weighted by Crippen LogP contribution is 2.28. The molecule has 1 aliphatic carbocycles. The van der Waals surface area contributed by atoms with Gasteiger partial charge in [0.2, 0.25) is 11.8 Å². The van der Waals surface area contributed by atoms with Crippen LogP contribution in [0.3, 0.4) is 0 Å². The highest BCUT2D eigenvalue weighted by molar-refractivity contribution is 7.91. The largest absolute Gasteiger partial charge is 0.351 e. The number of carbonyl (C=O) groups excluding carboxylic acids is 3. The molecule has 0 spiro atoms. The number of rotatable bonds is 7. The maximum Gasteiger partial charge on any atom is 0.272 e. The Morgan fingerprint density at radius 2 is 1.83 bits per heavy atom. The van der Waals surface area contributed by atoms with Crippen LogP contribution < -0.4 is 5.32 Å². The van der Waals surface area contributed by atoms with Gasteiger partial charge in [0.1, 0.15) is 0 Å². The molecular weight excluding hydrogens is 542 g/mol. The van der Waals surface area contributed by atoms with E-state index in [4.69, 9.17) is 0 Å². The number of benzene rings is 1. The van der Waals surface area contributed by atoms with Gasteiger partial charge in [-0.15, -0.1) is 0 Å². The minimum atomic E-state index is -3.59. The molecule has 1 atom stereocenters. The molecule has 1 aromatic heterocycles. The summed E-state index contributed by atoms with van der Waals surface area (Å²) in [6, 6.07) is 8.13. The van der Waals surface area contributed by atoms with Crippen LogP contribution in [0.4, 0.5) is 0 Å². The van der Waals surface area contributed by atoms with E-state index in [0.29, 0.717) is 63.5 Å². The summed E-state index contributed by atoms with van der Waals surface area (Å²) < 4.78 is 27.3. The van der Waals surface area contributed by atoms with Crippen LogP contribution in [0.15, 0.2) is 35.2 Å². The average Bonchev–Trinajstić information content (AvgIpc) is 3.28. The molecule has 10 nitrogen and oxygen atoms in total. The molecule has 2 aliphatic rings. The second-order valence-electron chi connectivity index (χ2n) is 11.5. The quantitative estimate of drug-likeness (QED) is 0.533. The van der Waals surface area contributed by atoms with Crippen LogP contribution in [0.1, 0.15) is 74.1 Å². The molecule has 11 heteroatoms. The van der Waals surface area contributed by atoms with Gasteiger partial charge in [-0.25, -0.2) is 8.42 Å². The molecule has 3 amide bonds. The van der Waals surface area contributed by atoms with Gasteiger partial charge in [-0.2, -0.15) is 5.10 Å². The molecule has 2 aromatic rings. The fourth-order valence-corrected chi connectivity index (χ4v) is 6.99. The lowest BCUT2D eigenvalue weighted by Gasteiger charge is -2.35. The van der Waals surface area contributed by atoms with Crippen molar-refractivity contribution in [1.82, 2.24) is 24.9 Å². The van der Waals surface area contributed by atoms with Crippen LogP contribution >= 0.6 is 0 Å². The van der Waals surface area contributed by atoms with Crippen molar-refractivity contribution in [1.29, 1.82) is 0 Å². The summed E-state index contributed by atoms with van der Waals surface area (Å²) >= 11 is 0. The zero-order chi connectivity index (χ0) is 29.6. The number of aryl methyl sites for hydroxylation is 1. The number of hydrogen-bond donors (Lipinski definition) is 1. The van der Waals surface area contributed by atoms with Crippen LogP contribution in [0, 0.1) is 5.92 Å². The minimum absolute atomic E-state index is 0.00411. The number of fused-ring (bicyclic) bond motifs is 1. The summed E-state index contributed by atoms with van der Waals surface area (Å²) in [6.45, 7) is 6.01. The highest BCUT2D eigenvalue weighted by atomic mass is 32.2. The minimum Gasteiger partial charge on any atom is -0.351 e. The SMILES string of the molecule is CC(C)CCN1C(=O)CCCN(C(=O)CCS(=O)(=O)c2ccccc2)CCCNC(=O)c2nn(C)c3c2CC1CC3. The van der Waals surface area contributed by atoms with E-state index in [0.717, 1.165) is 30.5 Å². The second kappa shape index (κ2) is 13.6. The van der Waals surface area contributed by atoms with Gasteiger partial charge in [0.15, 0.2) is 15.5 Å². The fourth-order valence-electron chi connectivity index (χ4n) is 5.73. The van der Waals surface area contributed by atoms with Crippen LogP contribution in [0.2, 0.25) is 0 Å². The molecule has 1 unspecified atom stereocenters. The summed E-state index contributed by atoms with van der Waals surface area (Å²) in [5, 5.41) is 7.49. The fraction of sp³-hybridized carbons (Fsp3) is 0.600. The summed E-state index contributed by atoms with van der Waals surface area (Å²) in [5.74, 6) is -0.292. The Bertz CT molecular complexity index is 1340. The van der Waals surface area contributed by atoms with Crippen LogP contribution in [-0.2, 0) is 39.3 Å². The topological polar surface area (TPSA) is 122 Å². The number of nitrogens with one attached hydrogen (secondary N) is 1. The maximum absolute atomic E-state index is 13.6. The zero-order valence-electron chi connectivity index (χ0n) is 24.5. The van der Waals surface area contributed by atoms with Gasteiger partial charge in [0.25, 0.3) is 5.91 Å². The summed E-state index contributed by atoms with van der Waals surface area (Å²) in [4.78, 5) is 43.7. The van der Waals surface area contributed by atoms with Gasteiger partial charge in [-0.3, -0.25) is 19.1 Å². The summed E-state index contributed by atoms with van der Waals surface area (Å²) in [5.41, 5.74) is 2.39. The number of hydrogen-bond acceptors (Lipinski definition) is 6. The maximum atomic E-state index is 13.6. The highest BCUT2D eigenvalue weighted by Gasteiger charge is 2.33. The lowest BCUT2D eigenvalue weighted by atomic mass is 9.89. The van der Waals surface area contributed by atoms with Crippen molar-refractivity contribution < 1.29 is 22.8 Å². The number of carbonyl (C=O) groups is 3. The lowest BCUT2D eigenvalue weighted by molar-refractivity contribution is -0.135. The van der Waals surface area contributed by atoms with Crippen molar-refractivity contribution in [2.24, 2.45) is 13.0 Å². The molecule has 0 fully saturated rings. The van der Waals surface area contributed by atoms with E-state index in [9.17, 15) is 22.8 Å². The van der Waals surface area contributed by atoms with Gasteiger partial charge < -0.3 is 15.1 Å². The third kappa shape index (κ3) is 7.75. The second-order valence-corrected chi connectivity index (χ2v) is 13.6. The van der Waals surface area contributed by atoms with Gasteiger partial charge in [0.05, 0.1) is 10.6 Å². The summed E-state index contributed by atoms with van der Waals surface area (Å²) in [7, 11) is -1.73.